The molecule has 0 saturated carbocycles. The van der Waals surface area contributed by atoms with Crippen molar-refractivity contribution in [2.45, 2.75) is 0 Å². The third-order valence-corrected chi connectivity index (χ3v) is 2.67. The first-order chi connectivity index (χ1) is 4.00. The van der Waals surface area contributed by atoms with Crippen molar-refractivity contribution in [3.8, 4) is 0 Å². The lowest BCUT2D eigenvalue weighted by molar-refractivity contribution is 0.351. The number of hydrogen-bond donors (Lipinski definition) is 0. The predicted octanol–water partition coefficient (Wildman–Crippen LogP) is 2.46. The average Bonchev–Trinajstić information content (AvgIpc) is 1.65. The Morgan fingerprint density at radius 2 is 2.11 bits per heavy atom. The predicted molar refractivity (Wildman–Crippen MR) is 29.6 cm³/mol. The maximum atomic E-state index is 11.7. The summed E-state index contributed by atoms with van der Waals surface area (Å²) in [5, 5.41) is 0. The van der Waals surface area contributed by atoms with Crippen molar-refractivity contribution in [1.29, 1.82) is 0 Å². The van der Waals surface area contributed by atoms with E-state index in [9.17, 15) is 17.2 Å². The number of halogens is 3. The zero-order valence-corrected chi connectivity index (χ0v) is 5.92. The number of hydrogen-bond acceptors (Lipinski definition) is 2. The van der Waals surface area contributed by atoms with Crippen LogP contribution < -0.4 is 0 Å². The van der Waals surface area contributed by atoms with Crippen molar-refractivity contribution >= 4 is 23.4 Å². The van der Waals surface area contributed by atoms with Gasteiger partial charge in [0.2, 0.25) is 0 Å². The van der Waals surface area contributed by atoms with Crippen LogP contribution in [0.5, 0.6) is 0 Å². The van der Waals surface area contributed by atoms with Gasteiger partial charge in [0.15, 0.2) is 0 Å². The zero-order valence-electron chi connectivity index (χ0n) is 4.13. The van der Waals surface area contributed by atoms with E-state index in [0.717, 1.165) is 0 Å². The molecule has 0 fully saturated rings. The topological polar surface area (TPSA) is 26.3 Å². The first-order valence-corrected chi connectivity index (χ1v) is 5.11. The van der Waals surface area contributed by atoms with Gasteiger partial charge in [-0.1, -0.05) is 0 Å². The van der Waals surface area contributed by atoms with E-state index in [1.807, 2.05) is 0 Å². The van der Waals surface area contributed by atoms with Crippen molar-refractivity contribution in [3.05, 3.63) is 0 Å². The van der Waals surface area contributed by atoms with E-state index in [1.54, 1.807) is 0 Å². The Morgan fingerprint density at radius 1 is 1.67 bits per heavy atom. The second-order valence-corrected chi connectivity index (χ2v) is 4.89. The van der Waals surface area contributed by atoms with Crippen LogP contribution in [0, 0.1) is 0 Å². The highest BCUT2D eigenvalue weighted by Crippen LogP contribution is 2.79. The maximum Gasteiger partial charge on any atom is 0.450 e. The minimum atomic E-state index is -5.16. The highest BCUT2D eigenvalue weighted by molar-refractivity contribution is 8.24. The van der Waals surface area contributed by atoms with Crippen LogP contribution in [0.3, 0.4) is 0 Å². The van der Waals surface area contributed by atoms with Crippen LogP contribution in [0.4, 0.5) is 12.6 Å². The highest BCUT2D eigenvalue weighted by atomic mass is 32.1. The van der Waals surface area contributed by atoms with E-state index in [0.29, 0.717) is 0 Å². The van der Waals surface area contributed by atoms with E-state index >= 15 is 0 Å². The van der Waals surface area contributed by atoms with Gasteiger partial charge in [-0.3, -0.25) is 0 Å². The van der Waals surface area contributed by atoms with Crippen LogP contribution in [0.25, 0.3) is 0 Å². The van der Waals surface area contributed by atoms with Crippen LogP contribution in [0.1, 0.15) is 0 Å². The van der Waals surface area contributed by atoms with E-state index < -0.39 is 22.1 Å². The highest BCUT2D eigenvalue weighted by Gasteiger charge is 2.36. The van der Waals surface area contributed by atoms with Crippen LogP contribution >= 0.6 is 15.6 Å². The van der Waals surface area contributed by atoms with Gasteiger partial charge in [-0.15, -0.1) is 4.20 Å². The quantitative estimate of drug-likeness (QED) is 0.487. The largest absolute Gasteiger partial charge is 0.450 e. The van der Waals surface area contributed by atoms with Gasteiger partial charge in [-0.25, -0.2) is 4.57 Å². The van der Waals surface area contributed by atoms with E-state index in [4.69, 9.17) is 0 Å². The van der Waals surface area contributed by atoms with Crippen LogP contribution in [0.2, 0.25) is 0 Å². The molecule has 0 rings (SSSR count). The molecule has 0 bridgehead atoms. The normalized spacial score (nSPS) is 17.8. The minimum absolute atomic E-state index is 0.791. The molecule has 0 heterocycles. The van der Waals surface area contributed by atoms with Crippen molar-refractivity contribution in [3.63, 3.8) is 0 Å². The summed E-state index contributed by atoms with van der Waals surface area (Å²) in [6.07, 6.45) is 0. The van der Waals surface area contributed by atoms with Crippen LogP contribution in [0.15, 0.2) is 0 Å². The van der Waals surface area contributed by atoms with Crippen molar-refractivity contribution in [2.24, 2.45) is 0 Å². The lowest BCUT2D eigenvalue weighted by Gasteiger charge is -2.03. The van der Waals surface area contributed by atoms with Crippen molar-refractivity contribution in [1.82, 2.24) is 0 Å². The summed E-state index contributed by atoms with van der Waals surface area (Å²) in [6, 6.07) is 0. The summed E-state index contributed by atoms with van der Waals surface area (Å²) in [5.41, 5.74) is 0. The summed E-state index contributed by atoms with van der Waals surface area (Å²) in [4.78, 5) is 0. The Bertz CT molecular complexity index is 129. The Balaban J connectivity index is 3.87. The molecule has 0 N–H and O–H groups in total. The maximum absolute atomic E-state index is 11.7. The third kappa shape index (κ3) is 3.24. The van der Waals surface area contributed by atoms with E-state index in [1.165, 1.54) is 0 Å². The van der Waals surface area contributed by atoms with Gasteiger partial charge >= 0.3 is 15.6 Å². The molecule has 8 heteroatoms. The lowest BCUT2D eigenvalue weighted by Crippen LogP contribution is -1.83. The van der Waals surface area contributed by atoms with E-state index in [2.05, 4.69) is 12.4 Å². The van der Waals surface area contributed by atoms with E-state index in [-0.39, 0.29) is 0 Å². The fourth-order valence-corrected chi connectivity index (χ4v) is 0.869. The first-order valence-electron chi connectivity index (χ1n) is 1.77. The van der Waals surface area contributed by atoms with Crippen LogP contribution in [-0.2, 0) is 9.09 Å². The molecule has 0 amide bonds. The summed E-state index contributed by atoms with van der Waals surface area (Å²) in [5.74, 6) is 0. The van der Waals surface area contributed by atoms with Gasteiger partial charge in [0.1, 0.15) is 7.85 Å². The second-order valence-electron chi connectivity index (χ2n) is 0.962. The van der Waals surface area contributed by atoms with Crippen molar-refractivity contribution < 1.29 is 21.7 Å². The molecule has 0 spiro atoms. The Hall–Kier alpha value is 0.475. The summed E-state index contributed by atoms with van der Waals surface area (Å²) < 4.78 is 47.5. The first kappa shape index (κ1) is 9.47. The van der Waals surface area contributed by atoms with Gasteiger partial charge in [0.05, 0.1) is 0 Å². The molecular formula is CH2BF3O2P2. The molecule has 9 heavy (non-hydrogen) atoms. The summed E-state index contributed by atoms with van der Waals surface area (Å²) in [6.45, 7) is -0.791. The molecular weight excluding hydrogens is 174 g/mol. The average molecular weight is 176 g/mol. The molecule has 0 aliphatic carbocycles. The zero-order chi connectivity index (χ0) is 7.49. The van der Waals surface area contributed by atoms with Gasteiger partial charge in [-0.2, -0.15) is 8.39 Å². The smallest absolute Gasteiger partial charge is 0.309 e. The molecule has 0 saturated heterocycles. The summed E-state index contributed by atoms with van der Waals surface area (Å²) >= 11 is 0. The second kappa shape index (κ2) is 3.60. The van der Waals surface area contributed by atoms with Gasteiger partial charge in [0.25, 0.3) is 0 Å². The molecule has 0 aliphatic heterocycles. The molecule has 2 nitrogen and oxygen atoms in total. The fourth-order valence-electron chi connectivity index (χ4n) is 0.136. The molecule has 1 unspecified atom stereocenters. The number of rotatable bonds is 3. The molecule has 0 aromatic rings. The summed E-state index contributed by atoms with van der Waals surface area (Å²) in [7, 11) is -4.83. The van der Waals surface area contributed by atoms with Crippen molar-refractivity contribution in [2.75, 3.05) is 6.51 Å². The standard InChI is InChI=1S/CH2BF3O2P2/c2-1-7-9(5,6)8(3)4/h1H2. The molecule has 0 aliphatic rings. The van der Waals surface area contributed by atoms with Gasteiger partial charge in [-0.05, 0) is 0 Å². The molecule has 2 radical (unpaired) electrons. The molecule has 0 aromatic carbocycles. The Kier molecular flexibility index (Phi) is 3.79. The molecule has 0 aromatic heterocycles. The minimum Gasteiger partial charge on any atom is -0.309 e. The molecule has 1 atom stereocenters. The van der Waals surface area contributed by atoms with Gasteiger partial charge in [0, 0.05) is 6.51 Å². The third-order valence-electron chi connectivity index (χ3n) is 0.414. The van der Waals surface area contributed by atoms with Gasteiger partial charge < -0.3 is 4.52 Å². The lowest BCUT2D eigenvalue weighted by atomic mass is 10.2. The Labute approximate surface area is 52.6 Å². The van der Waals surface area contributed by atoms with Crippen LogP contribution in [-0.4, -0.2) is 14.4 Å². The molecule has 52 valence electrons. The SMILES string of the molecule is [B]COP(=O)(F)P(F)F. The monoisotopic (exact) mass is 176 g/mol. The fraction of sp³-hybridized carbons (Fsp3) is 1.00. The Morgan fingerprint density at radius 3 is 2.22 bits per heavy atom.